The van der Waals surface area contributed by atoms with E-state index in [-0.39, 0.29) is 0 Å². The van der Waals surface area contributed by atoms with Crippen molar-refractivity contribution in [2.75, 3.05) is 6.61 Å². The van der Waals surface area contributed by atoms with Gasteiger partial charge in [0.15, 0.2) is 0 Å². The van der Waals surface area contributed by atoms with Crippen molar-refractivity contribution in [3.8, 4) is 29.0 Å². The zero-order valence-electron chi connectivity index (χ0n) is 14.0. The third kappa shape index (κ3) is 2.87. The molecule has 0 radical (unpaired) electrons. The number of amides is 1. The number of aliphatic hydroxyl groups excluding tert-OH is 1. The Bertz CT molecular complexity index is 914. The topological polar surface area (TPSA) is 90.4 Å². The van der Waals surface area contributed by atoms with Gasteiger partial charge in [-0.25, -0.2) is 4.98 Å². The largest absolute Gasteiger partial charge is 0.491 e. The number of hydrogen-bond acceptors (Lipinski definition) is 4. The van der Waals surface area contributed by atoms with Crippen LogP contribution >= 0.6 is 0 Å². The number of nitrogens with two attached hydrogens (primary N) is 1. The van der Waals surface area contributed by atoms with Crippen molar-refractivity contribution in [3.63, 3.8) is 0 Å². The average Bonchev–Trinajstić information content (AvgIpc) is 3.37. The Morgan fingerprint density at radius 2 is 2.28 bits per heavy atom. The lowest BCUT2D eigenvalue weighted by atomic mass is 10.1. The van der Waals surface area contributed by atoms with Crippen LogP contribution < -0.4 is 10.5 Å². The zero-order chi connectivity index (χ0) is 17.6. The van der Waals surface area contributed by atoms with Crippen molar-refractivity contribution in [1.82, 2.24) is 9.55 Å². The molecule has 2 heterocycles. The fourth-order valence-corrected chi connectivity index (χ4v) is 3.19. The van der Waals surface area contributed by atoms with Gasteiger partial charge in [-0.15, -0.1) is 0 Å². The van der Waals surface area contributed by atoms with Crippen LogP contribution in [0.4, 0.5) is 0 Å². The zero-order valence-corrected chi connectivity index (χ0v) is 14.0. The van der Waals surface area contributed by atoms with Crippen molar-refractivity contribution in [3.05, 3.63) is 35.2 Å². The van der Waals surface area contributed by atoms with E-state index in [0.717, 1.165) is 29.7 Å². The summed E-state index contributed by atoms with van der Waals surface area (Å²) in [6, 6.07) is 5.59. The molecule has 3 N–H and O–H groups in total. The van der Waals surface area contributed by atoms with Gasteiger partial charge in [-0.2, -0.15) is 0 Å². The normalized spacial score (nSPS) is 16.6. The highest BCUT2D eigenvalue weighted by Gasteiger charge is 2.35. The van der Waals surface area contributed by atoms with E-state index in [0.29, 0.717) is 36.3 Å². The highest BCUT2D eigenvalue weighted by Crippen LogP contribution is 2.44. The van der Waals surface area contributed by atoms with Crippen LogP contribution in [-0.4, -0.2) is 33.3 Å². The van der Waals surface area contributed by atoms with Gasteiger partial charge in [-0.3, -0.25) is 4.79 Å². The van der Waals surface area contributed by atoms with Crippen molar-refractivity contribution in [2.24, 2.45) is 5.73 Å². The molecule has 2 aliphatic rings. The fourth-order valence-electron chi connectivity index (χ4n) is 3.19. The van der Waals surface area contributed by atoms with E-state index in [1.807, 2.05) is 18.2 Å². The van der Waals surface area contributed by atoms with Gasteiger partial charge in [0, 0.05) is 11.5 Å². The molecule has 0 saturated heterocycles. The van der Waals surface area contributed by atoms with E-state index >= 15 is 0 Å². The highest BCUT2D eigenvalue weighted by atomic mass is 16.5. The van der Waals surface area contributed by atoms with Crippen LogP contribution in [0.3, 0.4) is 0 Å². The molecule has 0 bridgehead atoms. The summed E-state index contributed by atoms with van der Waals surface area (Å²) >= 11 is 0. The van der Waals surface area contributed by atoms with Gasteiger partial charge in [-0.1, -0.05) is 11.8 Å². The van der Waals surface area contributed by atoms with Crippen molar-refractivity contribution in [1.29, 1.82) is 0 Å². The number of carbonyl (C=O) groups excluding carboxylic acids is 1. The SMILES string of the molecule is C[C@@H](O)C#Cc1ccc2c(c1)-c1nc(C(N)=O)c(C3CC3)n1CCO2. The third-order valence-electron chi connectivity index (χ3n) is 4.42. The van der Waals surface area contributed by atoms with Gasteiger partial charge in [0.05, 0.1) is 17.8 Å². The molecule has 128 valence electrons. The molecule has 6 heteroatoms. The molecule has 1 aromatic carbocycles. The number of aliphatic hydroxyl groups is 1. The van der Waals surface area contributed by atoms with Crippen LogP contribution in [0.5, 0.6) is 5.75 Å². The molecule has 1 aliphatic heterocycles. The molecule has 1 fully saturated rings. The number of hydrogen-bond donors (Lipinski definition) is 2. The maximum absolute atomic E-state index is 11.9. The molecule has 0 spiro atoms. The van der Waals surface area contributed by atoms with Gasteiger partial charge in [0.25, 0.3) is 5.91 Å². The lowest BCUT2D eigenvalue weighted by molar-refractivity contribution is 0.0994. The number of imidazole rings is 1. The molecule has 1 aromatic heterocycles. The van der Waals surface area contributed by atoms with Crippen LogP contribution in [0.2, 0.25) is 0 Å². The molecule has 1 amide bonds. The predicted molar refractivity (Wildman–Crippen MR) is 92.2 cm³/mol. The molecule has 1 atom stereocenters. The smallest absolute Gasteiger partial charge is 0.269 e. The van der Waals surface area contributed by atoms with E-state index < -0.39 is 12.0 Å². The summed E-state index contributed by atoms with van der Waals surface area (Å²) in [6.07, 6.45) is 1.41. The monoisotopic (exact) mass is 337 g/mol. The first-order valence-electron chi connectivity index (χ1n) is 8.41. The summed E-state index contributed by atoms with van der Waals surface area (Å²) < 4.78 is 7.92. The third-order valence-corrected chi connectivity index (χ3v) is 4.42. The first-order chi connectivity index (χ1) is 12.0. The van der Waals surface area contributed by atoms with Crippen LogP contribution in [0.1, 0.15) is 47.4 Å². The van der Waals surface area contributed by atoms with Crippen LogP contribution in [-0.2, 0) is 6.54 Å². The van der Waals surface area contributed by atoms with Gasteiger partial charge in [0.1, 0.15) is 30.0 Å². The van der Waals surface area contributed by atoms with Crippen molar-refractivity contribution in [2.45, 2.75) is 38.3 Å². The Hall–Kier alpha value is -2.78. The van der Waals surface area contributed by atoms with Gasteiger partial charge < -0.3 is 20.1 Å². The minimum Gasteiger partial charge on any atom is -0.491 e. The summed E-state index contributed by atoms with van der Waals surface area (Å²) in [7, 11) is 0. The lowest BCUT2D eigenvalue weighted by Crippen LogP contribution is -2.16. The summed E-state index contributed by atoms with van der Waals surface area (Å²) in [6.45, 7) is 2.76. The Kier molecular flexibility index (Phi) is 3.74. The first kappa shape index (κ1) is 15.7. The number of ether oxygens (including phenoxy) is 1. The number of rotatable bonds is 2. The highest BCUT2D eigenvalue weighted by molar-refractivity contribution is 5.93. The molecule has 2 aromatic rings. The standard InChI is InChI=1S/C19H19N3O3/c1-11(23)2-3-12-4-7-15-14(10-12)19-21-16(18(20)24)17(13-5-6-13)22(19)8-9-25-15/h4,7,10-11,13,23H,5-6,8-9H2,1H3,(H2,20,24)/t11-/m1/s1. The summed E-state index contributed by atoms with van der Waals surface area (Å²) in [5.41, 5.74) is 8.42. The number of primary amides is 1. The molecule has 1 saturated carbocycles. The summed E-state index contributed by atoms with van der Waals surface area (Å²) in [4.78, 5) is 16.4. The molecule has 0 unspecified atom stereocenters. The van der Waals surface area contributed by atoms with Crippen LogP contribution in [0.15, 0.2) is 18.2 Å². The Morgan fingerprint density at radius 1 is 1.48 bits per heavy atom. The maximum atomic E-state index is 11.9. The second-order valence-corrected chi connectivity index (χ2v) is 6.46. The number of benzene rings is 1. The van der Waals surface area contributed by atoms with E-state index in [2.05, 4.69) is 21.4 Å². The van der Waals surface area contributed by atoms with Crippen molar-refractivity contribution >= 4 is 5.91 Å². The Balaban J connectivity index is 1.88. The van der Waals surface area contributed by atoms with Crippen LogP contribution in [0.25, 0.3) is 11.4 Å². The molecular weight excluding hydrogens is 318 g/mol. The second-order valence-electron chi connectivity index (χ2n) is 6.46. The maximum Gasteiger partial charge on any atom is 0.269 e. The van der Waals surface area contributed by atoms with E-state index in [9.17, 15) is 9.90 Å². The van der Waals surface area contributed by atoms with Gasteiger partial charge in [-0.05, 0) is 38.0 Å². The quantitative estimate of drug-likeness (QED) is 0.815. The second kappa shape index (κ2) is 5.94. The van der Waals surface area contributed by atoms with Gasteiger partial charge in [0.2, 0.25) is 0 Å². The minimum absolute atomic E-state index is 0.350. The summed E-state index contributed by atoms with van der Waals surface area (Å²) in [5.74, 6) is 6.95. The number of aromatic nitrogens is 2. The minimum atomic E-state index is -0.694. The predicted octanol–water partition coefficient (Wildman–Crippen LogP) is 1.65. The Morgan fingerprint density at radius 3 is 2.96 bits per heavy atom. The molecular formula is C19H19N3O3. The lowest BCUT2D eigenvalue weighted by Gasteiger charge is -2.08. The summed E-state index contributed by atoms with van der Waals surface area (Å²) in [5, 5.41) is 9.36. The average molecular weight is 337 g/mol. The molecule has 4 rings (SSSR count). The van der Waals surface area contributed by atoms with E-state index in [1.165, 1.54) is 0 Å². The van der Waals surface area contributed by atoms with Gasteiger partial charge >= 0.3 is 0 Å². The first-order valence-corrected chi connectivity index (χ1v) is 8.41. The molecule has 6 nitrogen and oxygen atoms in total. The van der Waals surface area contributed by atoms with E-state index in [4.69, 9.17) is 10.5 Å². The number of fused-ring (bicyclic) bond motifs is 3. The van der Waals surface area contributed by atoms with Crippen molar-refractivity contribution < 1.29 is 14.6 Å². The number of carbonyl (C=O) groups is 1. The number of nitrogens with zero attached hydrogens (tertiary/aromatic N) is 2. The molecule has 1 aliphatic carbocycles. The Labute approximate surface area is 145 Å². The van der Waals surface area contributed by atoms with Crippen LogP contribution in [0, 0.1) is 11.8 Å². The molecule has 25 heavy (non-hydrogen) atoms. The van der Waals surface area contributed by atoms with E-state index in [1.54, 1.807) is 6.92 Å². The fraction of sp³-hybridized carbons (Fsp3) is 0.368.